The molecule has 1 aliphatic rings. The van der Waals surface area contributed by atoms with Crippen LogP contribution in [0.1, 0.15) is 58.4 Å². The van der Waals surface area contributed by atoms with Crippen LogP contribution in [0.2, 0.25) is 0 Å². The van der Waals surface area contributed by atoms with E-state index in [0.29, 0.717) is 11.7 Å². The Morgan fingerprint density at radius 1 is 1.15 bits per heavy atom. The SMILES string of the molecule is O=C(CCc1nc([C@H]2CCCc3ccccc32)no1)c1ccc(F)c(F)c1. The van der Waals surface area contributed by atoms with Crippen molar-refractivity contribution in [2.75, 3.05) is 0 Å². The van der Waals surface area contributed by atoms with Gasteiger partial charge in [-0.25, -0.2) is 8.78 Å². The number of carbonyl (C=O) groups excluding carboxylic acids is 1. The summed E-state index contributed by atoms with van der Waals surface area (Å²) in [6.07, 6.45) is 3.44. The lowest BCUT2D eigenvalue weighted by Crippen LogP contribution is -2.12. The van der Waals surface area contributed by atoms with Gasteiger partial charge in [-0.05, 0) is 48.6 Å². The van der Waals surface area contributed by atoms with Crippen molar-refractivity contribution in [1.29, 1.82) is 0 Å². The Balaban J connectivity index is 1.44. The van der Waals surface area contributed by atoms with E-state index in [2.05, 4.69) is 22.3 Å². The topological polar surface area (TPSA) is 56.0 Å². The Bertz CT molecular complexity index is 984. The number of aryl methyl sites for hydroxylation is 2. The molecule has 0 N–H and O–H groups in total. The normalized spacial score (nSPS) is 16.1. The highest BCUT2D eigenvalue weighted by Gasteiger charge is 2.25. The zero-order valence-corrected chi connectivity index (χ0v) is 14.6. The van der Waals surface area contributed by atoms with Crippen LogP contribution < -0.4 is 0 Å². The van der Waals surface area contributed by atoms with E-state index in [4.69, 9.17) is 4.52 Å². The number of hydrogen-bond donors (Lipinski definition) is 0. The Labute approximate surface area is 155 Å². The average Bonchev–Trinajstić information content (AvgIpc) is 3.16. The average molecular weight is 368 g/mol. The van der Waals surface area contributed by atoms with Crippen LogP contribution in [0, 0.1) is 11.6 Å². The molecule has 1 atom stereocenters. The number of hydrogen-bond acceptors (Lipinski definition) is 4. The van der Waals surface area contributed by atoms with Crippen molar-refractivity contribution in [3.8, 4) is 0 Å². The van der Waals surface area contributed by atoms with Crippen LogP contribution >= 0.6 is 0 Å². The minimum Gasteiger partial charge on any atom is -0.339 e. The molecule has 0 aliphatic heterocycles. The van der Waals surface area contributed by atoms with Gasteiger partial charge in [-0.15, -0.1) is 0 Å². The van der Waals surface area contributed by atoms with E-state index in [9.17, 15) is 13.6 Å². The van der Waals surface area contributed by atoms with E-state index in [-0.39, 0.29) is 30.1 Å². The van der Waals surface area contributed by atoms with E-state index < -0.39 is 11.6 Å². The largest absolute Gasteiger partial charge is 0.339 e. The van der Waals surface area contributed by atoms with Crippen LogP contribution in [0.5, 0.6) is 0 Å². The monoisotopic (exact) mass is 368 g/mol. The summed E-state index contributed by atoms with van der Waals surface area (Å²) < 4.78 is 31.6. The second-order valence-corrected chi connectivity index (χ2v) is 6.74. The molecule has 4 nitrogen and oxygen atoms in total. The van der Waals surface area contributed by atoms with Crippen LogP contribution in [-0.2, 0) is 12.8 Å². The standard InChI is InChI=1S/C21H18F2N2O2/c22-17-9-8-14(12-18(17)23)19(26)10-11-20-24-21(25-27-20)16-7-3-5-13-4-1-2-6-15(13)16/h1-2,4,6,8-9,12,16H,3,5,7,10-11H2/t16-/m0/s1. The third kappa shape index (κ3) is 3.65. The minimum absolute atomic E-state index is 0.0912. The first-order valence-electron chi connectivity index (χ1n) is 9.00. The molecule has 138 valence electrons. The van der Waals surface area contributed by atoms with Crippen LogP contribution in [0.15, 0.2) is 47.0 Å². The van der Waals surface area contributed by atoms with Crippen LogP contribution in [-0.4, -0.2) is 15.9 Å². The van der Waals surface area contributed by atoms with Gasteiger partial charge in [-0.2, -0.15) is 4.98 Å². The van der Waals surface area contributed by atoms with E-state index in [0.717, 1.165) is 31.4 Å². The van der Waals surface area contributed by atoms with E-state index in [1.807, 2.05) is 12.1 Å². The molecule has 0 amide bonds. The van der Waals surface area contributed by atoms with Gasteiger partial charge in [0.15, 0.2) is 23.2 Å². The van der Waals surface area contributed by atoms with Crippen molar-refractivity contribution in [1.82, 2.24) is 10.1 Å². The number of Topliss-reactive ketones (excluding diaryl/α,β-unsaturated/α-hetero) is 1. The van der Waals surface area contributed by atoms with E-state index in [1.165, 1.54) is 17.2 Å². The number of halogens is 2. The number of fused-ring (bicyclic) bond motifs is 1. The highest BCUT2D eigenvalue weighted by Crippen LogP contribution is 2.35. The third-order valence-corrected chi connectivity index (χ3v) is 4.97. The first-order valence-corrected chi connectivity index (χ1v) is 9.00. The summed E-state index contributed by atoms with van der Waals surface area (Å²) in [4.78, 5) is 16.6. The third-order valence-electron chi connectivity index (χ3n) is 4.97. The lowest BCUT2D eigenvalue weighted by Gasteiger charge is -2.22. The maximum atomic E-state index is 13.3. The van der Waals surface area contributed by atoms with Gasteiger partial charge in [0.2, 0.25) is 5.89 Å². The first-order chi connectivity index (χ1) is 13.1. The predicted octanol–water partition coefficient (Wildman–Crippen LogP) is 4.63. The Morgan fingerprint density at radius 3 is 2.85 bits per heavy atom. The lowest BCUT2D eigenvalue weighted by molar-refractivity contribution is 0.0979. The maximum absolute atomic E-state index is 13.3. The van der Waals surface area contributed by atoms with E-state index >= 15 is 0 Å². The van der Waals surface area contributed by atoms with Gasteiger partial charge in [-0.1, -0.05) is 29.4 Å². The molecule has 4 rings (SSSR count). The molecule has 3 aromatic rings. The molecule has 6 heteroatoms. The molecule has 0 saturated heterocycles. The summed E-state index contributed by atoms with van der Waals surface area (Å²) in [6, 6.07) is 11.4. The Hall–Kier alpha value is -2.89. The Kier molecular flexibility index (Phi) is 4.79. The first kappa shape index (κ1) is 17.5. The Morgan fingerprint density at radius 2 is 2.00 bits per heavy atom. The molecule has 1 heterocycles. The fourth-order valence-electron chi connectivity index (χ4n) is 3.57. The molecule has 1 aliphatic carbocycles. The number of benzene rings is 2. The van der Waals surface area contributed by atoms with E-state index in [1.54, 1.807) is 0 Å². The number of carbonyl (C=O) groups is 1. The molecule has 0 fully saturated rings. The number of nitrogens with zero attached hydrogens (tertiary/aromatic N) is 2. The van der Waals surface area contributed by atoms with Crippen molar-refractivity contribution in [3.05, 3.63) is 82.5 Å². The quantitative estimate of drug-likeness (QED) is 0.616. The van der Waals surface area contributed by atoms with Gasteiger partial charge in [-0.3, -0.25) is 4.79 Å². The van der Waals surface area contributed by atoms with Gasteiger partial charge in [0.25, 0.3) is 0 Å². The summed E-state index contributed by atoms with van der Waals surface area (Å²) >= 11 is 0. The lowest BCUT2D eigenvalue weighted by atomic mass is 9.82. The molecular weight excluding hydrogens is 350 g/mol. The maximum Gasteiger partial charge on any atom is 0.227 e. The zero-order valence-electron chi connectivity index (χ0n) is 14.6. The zero-order chi connectivity index (χ0) is 18.8. The van der Waals surface area contributed by atoms with Gasteiger partial charge in [0.05, 0.1) is 0 Å². The second-order valence-electron chi connectivity index (χ2n) is 6.74. The predicted molar refractivity (Wildman–Crippen MR) is 94.5 cm³/mol. The summed E-state index contributed by atoms with van der Waals surface area (Å²) in [5.74, 6) is -1.18. The molecule has 0 saturated carbocycles. The van der Waals surface area contributed by atoms with Crippen molar-refractivity contribution >= 4 is 5.78 Å². The highest BCUT2D eigenvalue weighted by atomic mass is 19.2. The van der Waals surface area contributed by atoms with Crippen molar-refractivity contribution in [2.45, 2.75) is 38.0 Å². The summed E-state index contributed by atoms with van der Waals surface area (Å²) in [7, 11) is 0. The number of ketones is 1. The molecule has 0 bridgehead atoms. The fraction of sp³-hybridized carbons (Fsp3) is 0.286. The highest BCUT2D eigenvalue weighted by molar-refractivity contribution is 5.96. The van der Waals surface area contributed by atoms with Gasteiger partial charge >= 0.3 is 0 Å². The van der Waals surface area contributed by atoms with Crippen LogP contribution in [0.25, 0.3) is 0 Å². The van der Waals surface area contributed by atoms with Gasteiger partial charge in [0.1, 0.15) is 0 Å². The number of rotatable bonds is 5. The minimum atomic E-state index is -1.03. The van der Waals surface area contributed by atoms with Crippen LogP contribution in [0.3, 0.4) is 0 Å². The second kappa shape index (κ2) is 7.39. The summed E-state index contributed by atoms with van der Waals surface area (Å²) in [5.41, 5.74) is 2.68. The molecule has 2 aromatic carbocycles. The van der Waals surface area contributed by atoms with Gasteiger partial charge in [0, 0.05) is 24.3 Å². The smallest absolute Gasteiger partial charge is 0.227 e. The molecule has 0 radical (unpaired) electrons. The molecule has 1 aromatic heterocycles. The fourth-order valence-corrected chi connectivity index (χ4v) is 3.57. The summed E-state index contributed by atoms with van der Waals surface area (Å²) in [5, 5.41) is 4.11. The number of aromatic nitrogens is 2. The van der Waals surface area contributed by atoms with Gasteiger partial charge < -0.3 is 4.52 Å². The molecule has 27 heavy (non-hydrogen) atoms. The summed E-state index contributed by atoms with van der Waals surface area (Å²) in [6.45, 7) is 0. The van der Waals surface area contributed by atoms with Crippen molar-refractivity contribution in [3.63, 3.8) is 0 Å². The van der Waals surface area contributed by atoms with Crippen molar-refractivity contribution in [2.24, 2.45) is 0 Å². The molecular formula is C21H18F2N2O2. The van der Waals surface area contributed by atoms with Crippen LogP contribution in [0.4, 0.5) is 8.78 Å². The molecule has 0 spiro atoms. The molecule has 0 unspecified atom stereocenters. The van der Waals surface area contributed by atoms with Crippen molar-refractivity contribution < 1.29 is 18.1 Å².